The second kappa shape index (κ2) is 2.59. The van der Waals surface area contributed by atoms with Crippen LogP contribution in [0.1, 0.15) is 35.8 Å². The summed E-state index contributed by atoms with van der Waals surface area (Å²) in [4.78, 5) is 0. The third kappa shape index (κ3) is 0.966. The van der Waals surface area contributed by atoms with Crippen molar-refractivity contribution in [1.29, 1.82) is 0 Å². The fourth-order valence-corrected chi connectivity index (χ4v) is 2.13. The van der Waals surface area contributed by atoms with Gasteiger partial charge in [0.2, 0.25) is 0 Å². The zero-order valence-corrected chi connectivity index (χ0v) is 7.67. The number of nitrogens with two attached hydrogens (primary N) is 1. The maximum Gasteiger partial charge on any atom is 0.0644 e. The van der Waals surface area contributed by atoms with Crippen molar-refractivity contribution in [3.05, 3.63) is 17.0 Å². The molecule has 0 saturated heterocycles. The number of fused-ring (bicyclic) bond motifs is 1. The molecule has 1 aromatic heterocycles. The minimum absolute atomic E-state index is 0.224. The van der Waals surface area contributed by atoms with Crippen LogP contribution in [-0.4, -0.2) is 9.78 Å². The van der Waals surface area contributed by atoms with Gasteiger partial charge in [0.1, 0.15) is 0 Å². The Hall–Kier alpha value is -0.830. The highest BCUT2D eigenvalue weighted by Gasteiger charge is 2.22. The first-order chi connectivity index (χ1) is 5.70. The van der Waals surface area contributed by atoms with E-state index >= 15 is 0 Å². The van der Waals surface area contributed by atoms with E-state index in [4.69, 9.17) is 5.73 Å². The third-order valence-electron chi connectivity index (χ3n) is 2.69. The van der Waals surface area contributed by atoms with Gasteiger partial charge in [-0.05, 0) is 26.2 Å². The number of rotatable bonds is 0. The summed E-state index contributed by atoms with van der Waals surface area (Å²) < 4.78 is 1.98. The lowest BCUT2D eigenvalue weighted by atomic mass is 9.92. The molecular formula is C9H15N3. The molecule has 0 fully saturated rings. The summed E-state index contributed by atoms with van der Waals surface area (Å²) in [5, 5.41) is 4.38. The summed E-state index contributed by atoms with van der Waals surface area (Å²) in [6, 6.07) is 0.224. The number of hydrogen-bond donors (Lipinski definition) is 1. The van der Waals surface area contributed by atoms with Crippen LogP contribution in [0.15, 0.2) is 0 Å². The lowest BCUT2D eigenvalue weighted by molar-refractivity contribution is 0.548. The second-order valence-electron chi connectivity index (χ2n) is 3.57. The van der Waals surface area contributed by atoms with Crippen LogP contribution >= 0.6 is 0 Å². The summed E-state index contributed by atoms with van der Waals surface area (Å²) >= 11 is 0. The molecule has 12 heavy (non-hydrogen) atoms. The van der Waals surface area contributed by atoms with Gasteiger partial charge in [0.15, 0.2) is 0 Å². The predicted molar refractivity (Wildman–Crippen MR) is 47.8 cm³/mol. The lowest BCUT2D eigenvalue weighted by Gasteiger charge is -2.19. The van der Waals surface area contributed by atoms with E-state index in [1.54, 1.807) is 0 Å². The van der Waals surface area contributed by atoms with Gasteiger partial charge in [0.25, 0.3) is 0 Å². The Labute approximate surface area is 72.6 Å². The molecule has 0 saturated carbocycles. The van der Waals surface area contributed by atoms with Crippen molar-refractivity contribution >= 4 is 0 Å². The SMILES string of the molecule is Cc1nn(C)c2c1C(N)CCC2. The third-order valence-corrected chi connectivity index (χ3v) is 2.69. The fourth-order valence-electron chi connectivity index (χ4n) is 2.13. The highest BCUT2D eigenvalue weighted by Crippen LogP contribution is 2.29. The molecular weight excluding hydrogens is 150 g/mol. The van der Waals surface area contributed by atoms with Gasteiger partial charge < -0.3 is 5.73 Å². The van der Waals surface area contributed by atoms with Gasteiger partial charge in [-0.2, -0.15) is 5.10 Å². The molecule has 2 N–H and O–H groups in total. The van der Waals surface area contributed by atoms with Crippen molar-refractivity contribution in [1.82, 2.24) is 9.78 Å². The molecule has 3 heteroatoms. The van der Waals surface area contributed by atoms with Gasteiger partial charge in [-0.15, -0.1) is 0 Å². The van der Waals surface area contributed by atoms with E-state index in [9.17, 15) is 0 Å². The average molecular weight is 165 g/mol. The van der Waals surface area contributed by atoms with Crippen molar-refractivity contribution in [2.45, 2.75) is 32.2 Å². The molecule has 1 unspecified atom stereocenters. The first kappa shape index (κ1) is 7.80. The van der Waals surface area contributed by atoms with Crippen molar-refractivity contribution in [2.75, 3.05) is 0 Å². The van der Waals surface area contributed by atoms with Crippen LogP contribution < -0.4 is 5.73 Å². The van der Waals surface area contributed by atoms with Crippen LogP contribution in [0, 0.1) is 6.92 Å². The topological polar surface area (TPSA) is 43.8 Å². The van der Waals surface area contributed by atoms with E-state index in [1.807, 2.05) is 18.7 Å². The normalized spacial score (nSPS) is 22.4. The first-order valence-electron chi connectivity index (χ1n) is 4.48. The second-order valence-corrected chi connectivity index (χ2v) is 3.57. The first-order valence-corrected chi connectivity index (χ1v) is 4.48. The van der Waals surface area contributed by atoms with Crippen LogP contribution in [0.2, 0.25) is 0 Å². The molecule has 2 rings (SSSR count). The maximum atomic E-state index is 6.01. The highest BCUT2D eigenvalue weighted by atomic mass is 15.3. The Morgan fingerprint density at radius 1 is 1.58 bits per heavy atom. The zero-order chi connectivity index (χ0) is 8.72. The Morgan fingerprint density at radius 2 is 2.33 bits per heavy atom. The summed E-state index contributed by atoms with van der Waals surface area (Å²) in [7, 11) is 2.00. The molecule has 1 aliphatic rings. The van der Waals surface area contributed by atoms with E-state index in [0.29, 0.717) is 0 Å². The Balaban J connectivity index is 2.55. The summed E-state index contributed by atoms with van der Waals surface area (Å²) in [6.07, 6.45) is 3.45. The maximum absolute atomic E-state index is 6.01. The van der Waals surface area contributed by atoms with Crippen molar-refractivity contribution in [3.63, 3.8) is 0 Å². The Bertz CT molecular complexity index is 301. The molecule has 1 aliphatic carbocycles. The van der Waals surface area contributed by atoms with Gasteiger partial charge in [0, 0.05) is 24.3 Å². The molecule has 66 valence electrons. The zero-order valence-electron chi connectivity index (χ0n) is 7.67. The molecule has 1 aromatic rings. The highest BCUT2D eigenvalue weighted by molar-refractivity contribution is 5.30. The number of aromatic nitrogens is 2. The molecule has 0 amide bonds. The van der Waals surface area contributed by atoms with Crippen LogP contribution in [0.3, 0.4) is 0 Å². The summed E-state index contributed by atoms with van der Waals surface area (Å²) in [5.41, 5.74) is 9.75. The van der Waals surface area contributed by atoms with Crippen LogP contribution in [0.5, 0.6) is 0 Å². The Morgan fingerprint density at radius 3 is 3.00 bits per heavy atom. The number of hydrogen-bond acceptors (Lipinski definition) is 2. The molecule has 0 aromatic carbocycles. The van der Waals surface area contributed by atoms with E-state index in [2.05, 4.69) is 5.10 Å². The smallest absolute Gasteiger partial charge is 0.0644 e. The summed E-state index contributed by atoms with van der Waals surface area (Å²) in [5.74, 6) is 0. The minimum Gasteiger partial charge on any atom is -0.324 e. The molecule has 0 radical (unpaired) electrons. The predicted octanol–water partition coefficient (Wildman–Crippen LogP) is 1.06. The van der Waals surface area contributed by atoms with Crippen LogP contribution in [0.4, 0.5) is 0 Å². The molecule has 1 atom stereocenters. The van der Waals surface area contributed by atoms with Crippen molar-refractivity contribution in [2.24, 2.45) is 12.8 Å². The van der Waals surface area contributed by atoms with Gasteiger partial charge in [0.05, 0.1) is 5.69 Å². The standard InChI is InChI=1S/C9H15N3/c1-6-9-7(10)4-3-5-8(9)12(2)11-6/h7H,3-5,10H2,1-2H3. The van der Waals surface area contributed by atoms with Gasteiger partial charge >= 0.3 is 0 Å². The monoisotopic (exact) mass is 165 g/mol. The molecule has 1 heterocycles. The van der Waals surface area contributed by atoms with Crippen molar-refractivity contribution < 1.29 is 0 Å². The quantitative estimate of drug-likeness (QED) is 0.624. The number of aryl methyl sites for hydroxylation is 2. The largest absolute Gasteiger partial charge is 0.324 e. The average Bonchev–Trinajstić information content (AvgIpc) is 2.29. The van der Waals surface area contributed by atoms with E-state index in [0.717, 1.165) is 18.5 Å². The summed E-state index contributed by atoms with van der Waals surface area (Å²) in [6.45, 7) is 2.05. The van der Waals surface area contributed by atoms with Crippen molar-refractivity contribution in [3.8, 4) is 0 Å². The van der Waals surface area contributed by atoms with Gasteiger partial charge in [-0.1, -0.05) is 0 Å². The van der Waals surface area contributed by atoms with Gasteiger partial charge in [-0.25, -0.2) is 0 Å². The van der Waals surface area contributed by atoms with Crippen LogP contribution in [-0.2, 0) is 13.5 Å². The Kier molecular flexibility index (Phi) is 1.68. The number of nitrogens with zero attached hydrogens (tertiary/aromatic N) is 2. The molecule has 0 bridgehead atoms. The van der Waals surface area contributed by atoms with E-state index in [1.165, 1.54) is 17.7 Å². The van der Waals surface area contributed by atoms with Crippen LogP contribution in [0.25, 0.3) is 0 Å². The minimum atomic E-state index is 0.224. The molecule has 3 nitrogen and oxygen atoms in total. The molecule has 0 aliphatic heterocycles. The van der Waals surface area contributed by atoms with E-state index < -0.39 is 0 Å². The van der Waals surface area contributed by atoms with E-state index in [-0.39, 0.29) is 6.04 Å². The lowest BCUT2D eigenvalue weighted by Crippen LogP contribution is -2.18. The fraction of sp³-hybridized carbons (Fsp3) is 0.667. The van der Waals surface area contributed by atoms with Gasteiger partial charge in [-0.3, -0.25) is 4.68 Å². The molecule has 0 spiro atoms.